The van der Waals surface area contributed by atoms with Gasteiger partial charge in [0.25, 0.3) is 0 Å². The van der Waals surface area contributed by atoms with E-state index >= 15 is 0 Å². The molecule has 0 saturated carbocycles. The van der Waals surface area contributed by atoms with Crippen molar-refractivity contribution in [3.8, 4) is 17.0 Å². The lowest BCUT2D eigenvalue weighted by Gasteiger charge is -2.10. The second-order valence-corrected chi connectivity index (χ2v) is 3.94. The van der Waals surface area contributed by atoms with Gasteiger partial charge in [-0.2, -0.15) is 0 Å². The summed E-state index contributed by atoms with van der Waals surface area (Å²) in [5, 5.41) is 7.44. The number of benzene rings is 1. The first-order valence-electron chi connectivity index (χ1n) is 5.59. The Bertz CT molecular complexity index is 593. The highest BCUT2D eigenvalue weighted by Gasteiger charge is 2.09. The average Bonchev–Trinajstić information content (AvgIpc) is 2.38. The van der Waals surface area contributed by atoms with E-state index in [0.717, 1.165) is 22.7 Å². The fraction of sp³-hybridized carbons (Fsp3) is 0.143. The number of amidine groups is 1. The summed E-state index contributed by atoms with van der Waals surface area (Å²) in [6.07, 6.45) is 0. The maximum atomic E-state index is 7.44. The van der Waals surface area contributed by atoms with E-state index in [2.05, 4.69) is 4.98 Å². The maximum absolute atomic E-state index is 7.44. The monoisotopic (exact) mass is 241 g/mol. The summed E-state index contributed by atoms with van der Waals surface area (Å²) in [5.74, 6) is 0.812. The normalized spacial score (nSPS) is 10.1. The van der Waals surface area contributed by atoms with Crippen molar-refractivity contribution in [2.24, 2.45) is 5.73 Å². The van der Waals surface area contributed by atoms with E-state index in [1.165, 1.54) is 0 Å². The van der Waals surface area contributed by atoms with Crippen molar-refractivity contribution in [1.29, 1.82) is 5.41 Å². The van der Waals surface area contributed by atoms with Gasteiger partial charge in [-0.25, -0.2) is 0 Å². The zero-order valence-electron chi connectivity index (χ0n) is 10.4. The number of methoxy groups -OCH3 is 1. The molecule has 0 spiro atoms. The number of hydrogen-bond acceptors (Lipinski definition) is 3. The van der Waals surface area contributed by atoms with Crippen molar-refractivity contribution < 1.29 is 4.74 Å². The number of nitrogens with zero attached hydrogens (tertiary/aromatic N) is 1. The van der Waals surface area contributed by atoms with Gasteiger partial charge < -0.3 is 10.5 Å². The molecular weight excluding hydrogens is 226 g/mol. The molecule has 4 heteroatoms. The molecule has 0 atom stereocenters. The van der Waals surface area contributed by atoms with Crippen LogP contribution in [0.1, 0.15) is 11.3 Å². The van der Waals surface area contributed by atoms with E-state index in [0.29, 0.717) is 5.56 Å². The third-order valence-corrected chi connectivity index (χ3v) is 2.76. The summed E-state index contributed by atoms with van der Waals surface area (Å²) >= 11 is 0. The third-order valence-electron chi connectivity index (χ3n) is 2.76. The Kier molecular flexibility index (Phi) is 3.28. The summed E-state index contributed by atoms with van der Waals surface area (Å²) in [6.45, 7) is 1.84. The van der Waals surface area contributed by atoms with Gasteiger partial charge in [-0.3, -0.25) is 10.4 Å². The minimum atomic E-state index is 0.0339. The van der Waals surface area contributed by atoms with Gasteiger partial charge >= 0.3 is 0 Å². The predicted octanol–water partition coefficient (Wildman–Crippen LogP) is 2.35. The number of nitrogens with one attached hydrogen (secondary N) is 1. The molecule has 0 aliphatic carbocycles. The molecule has 1 aromatic carbocycles. The molecule has 2 aromatic rings. The van der Waals surface area contributed by atoms with Gasteiger partial charge in [0.2, 0.25) is 0 Å². The Labute approximate surface area is 106 Å². The van der Waals surface area contributed by atoms with Crippen LogP contribution in [0.4, 0.5) is 0 Å². The summed E-state index contributed by atoms with van der Waals surface area (Å²) in [7, 11) is 1.63. The van der Waals surface area contributed by atoms with Crippen molar-refractivity contribution in [3.63, 3.8) is 0 Å². The fourth-order valence-electron chi connectivity index (χ4n) is 1.85. The molecule has 1 aromatic heterocycles. The fourth-order valence-corrected chi connectivity index (χ4v) is 1.85. The van der Waals surface area contributed by atoms with E-state index < -0.39 is 0 Å². The number of rotatable bonds is 3. The van der Waals surface area contributed by atoms with Gasteiger partial charge in [0.05, 0.1) is 12.8 Å². The molecule has 0 amide bonds. The number of aromatic nitrogens is 1. The lowest BCUT2D eigenvalue weighted by atomic mass is 10.1. The molecule has 0 aliphatic rings. The number of nitrogens with two attached hydrogens (primary N) is 1. The highest BCUT2D eigenvalue weighted by atomic mass is 16.5. The number of aryl methyl sites for hydroxylation is 1. The largest absolute Gasteiger partial charge is 0.496 e. The van der Waals surface area contributed by atoms with Gasteiger partial charge in [-0.05, 0) is 31.2 Å². The Morgan fingerprint density at radius 3 is 2.56 bits per heavy atom. The molecule has 18 heavy (non-hydrogen) atoms. The average molecular weight is 241 g/mol. The number of hydrogen-bond donors (Lipinski definition) is 2. The molecule has 0 radical (unpaired) electrons. The number of para-hydroxylation sites is 1. The minimum Gasteiger partial charge on any atom is -0.496 e. The van der Waals surface area contributed by atoms with Crippen LogP contribution in [0.5, 0.6) is 5.75 Å². The van der Waals surface area contributed by atoms with Crippen LogP contribution in [0.2, 0.25) is 0 Å². The van der Waals surface area contributed by atoms with Gasteiger partial charge in [-0.15, -0.1) is 0 Å². The van der Waals surface area contributed by atoms with E-state index in [4.69, 9.17) is 15.9 Å². The van der Waals surface area contributed by atoms with Crippen LogP contribution in [-0.2, 0) is 0 Å². The van der Waals surface area contributed by atoms with Crippen LogP contribution in [0.15, 0.2) is 36.4 Å². The number of ether oxygens (including phenoxy) is 1. The van der Waals surface area contributed by atoms with Gasteiger partial charge in [-0.1, -0.05) is 12.1 Å². The number of pyridine rings is 1. The van der Waals surface area contributed by atoms with Crippen LogP contribution in [0.3, 0.4) is 0 Å². The summed E-state index contributed by atoms with van der Waals surface area (Å²) in [6, 6.07) is 11.4. The molecule has 3 N–H and O–H groups in total. The van der Waals surface area contributed by atoms with Crippen molar-refractivity contribution in [1.82, 2.24) is 4.98 Å². The molecule has 1 heterocycles. The topological polar surface area (TPSA) is 72.0 Å². The maximum Gasteiger partial charge on any atom is 0.128 e. The van der Waals surface area contributed by atoms with Crippen LogP contribution in [0, 0.1) is 12.3 Å². The van der Waals surface area contributed by atoms with Gasteiger partial charge in [0.1, 0.15) is 11.6 Å². The molecule has 92 valence electrons. The van der Waals surface area contributed by atoms with Gasteiger partial charge in [0, 0.05) is 16.8 Å². The van der Waals surface area contributed by atoms with Crippen molar-refractivity contribution in [3.05, 3.63) is 47.7 Å². The molecule has 0 fully saturated rings. The molecule has 4 nitrogen and oxygen atoms in total. The van der Waals surface area contributed by atoms with E-state index in [1.54, 1.807) is 7.11 Å². The second-order valence-electron chi connectivity index (χ2n) is 3.94. The quantitative estimate of drug-likeness (QED) is 0.640. The summed E-state index contributed by atoms with van der Waals surface area (Å²) < 4.78 is 5.31. The van der Waals surface area contributed by atoms with Crippen LogP contribution >= 0.6 is 0 Å². The molecular formula is C14H15N3O. The highest BCUT2D eigenvalue weighted by molar-refractivity contribution is 5.96. The van der Waals surface area contributed by atoms with Crippen molar-refractivity contribution in [2.45, 2.75) is 6.92 Å². The smallest absolute Gasteiger partial charge is 0.128 e. The predicted molar refractivity (Wildman–Crippen MR) is 72.0 cm³/mol. The third kappa shape index (κ3) is 2.18. The SMILES string of the molecule is COc1ccccc1-c1ccc(C(=N)N)c(C)n1. The summed E-state index contributed by atoms with van der Waals surface area (Å²) in [4.78, 5) is 4.47. The first-order chi connectivity index (χ1) is 8.63. The van der Waals surface area contributed by atoms with E-state index in [-0.39, 0.29) is 5.84 Å². The van der Waals surface area contributed by atoms with E-state index in [1.807, 2.05) is 43.3 Å². The molecule has 0 bridgehead atoms. The molecule has 0 unspecified atom stereocenters. The Morgan fingerprint density at radius 2 is 1.94 bits per heavy atom. The first kappa shape index (κ1) is 12.1. The first-order valence-corrected chi connectivity index (χ1v) is 5.59. The molecule has 2 rings (SSSR count). The summed E-state index contributed by atoms with van der Waals surface area (Å²) in [5.41, 5.74) is 8.62. The minimum absolute atomic E-state index is 0.0339. The zero-order valence-corrected chi connectivity index (χ0v) is 10.4. The second kappa shape index (κ2) is 4.87. The Morgan fingerprint density at radius 1 is 1.22 bits per heavy atom. The molecule has 0 aliphatic heterocycles. The van der Waals surface area contributed by atoms with Crippen LogP contribution in [0.25, 0.3) is 11.3 Å². The zero-order chi connectivity index (χ0) is 13.1. The standard InChI is InChI=1S/C14H15N3O/c1-9-10(14(15)16)7-8-12(17-9)11-5-3-4-6-13(11)18-2/h3-8H,1-2H3,(H3,15,16). The van der Waals surface area contributed by atoms with Crippen LogP contribution in [-0.4, -0.2) is 17.9 Å². The molecule has 0 saturated heterocycles. The van der Waals surface area contributed by atoms with Gasteiger partial charge in [0.15, 0.2) is 0 Å². The highest BCUT2D eigenvalue weighted by Crippen LogP contribution is 2.28. The number of nitrogen functional groups attached to an aromatic ring is 1. The lowest BCUT2D eigenvalue weighted by molar-refractivity contribution is 0.416. The Hall–Kier alpha value is -2.36. The van der Waals surface area contributed by atoms with Crippen LogP contribution < -0.4 is 10.5 Å². The Balaban J connectivity index is 2.52. The van der Waals surface area contributed by atoms with Crippen molar-refractivity contribution >= 4 is 5.84 Å². The lowest BCUT2D eigenvalue weighted by Crippen LogP contribution is -2.13. The van der Waals surface area contributed by atoms with E-state index in [9.17, 15) is 0 Å². The van der Waals surface area contributed by atoms with Crippen molar-refractivity contribution in [2.75, 3.05) is 7.11 Å².